The number of rotatable bonds is 2. The van der Waals surface area contributed by atoms with E-state index < -0.39 is 0 Å². The van der Waals surface area contributed by atoms with E-state index in [1.165, 1.54) is 0 Å². The summed E-state index contributed by atoms with van der Waals surface area (Å²) in [7, 11) is 1.61. The Morgan fingerprint density at radius 2 is 1.75 bits per heavy atom. The summed E-state index contributed by atoms with van der Waals surface area (Å²) in [4.78, 5) is 26.4. The molecule has 1 amide bonds. The maximum Gasteiger partial charge on any atom is 0.254 e. The normalized spacial score (nSPS) is 25.4. The Kier molecular flexibility index (Phi) is 3.47. The van der Waals surface area contributed by atoms with E-state index in [-0.39, 0.29) is 18.0 Å². The lowest BCUT2D eigenvalue weighted by molar-refractivity contribution is -0.125. The zero-order valence-electron chi connectivity index (χ0n) is 11.7. The average Bonchev–Trinajstić information content (AvgIpc) is 2.46. The average molecular weight is 273 g/mol. The first-order valence-electron chi connectivity index (χ1n) is 7.17. The number of nitrogens with zero attached hydrogens (tertiary/aromatic N) is 1. The summed E-state index contributed by atoms with van der Waals surface area (Å²) in [6, 6.07) is 7.41. The van der Waals surface area contributed by atoms with Gasteiger partial charge in [-0.2, -0.15) is 0 Å². The first-order chi connectivity index (χ1) is 9.69. The summed E-state index contributed by atoms with van der Waals surface area (Å²) >= 11 is 0. The fraction of sp³-hybridized carbons (Fsp3) is 0.500. The lowest BCUT2D eigenvalue weighted by Gasteiger charge is -2.45. The number of Topliss-reactive ketones (excluding diaryl/α,β-unsaturated/α-hetero) is 1. The van der Waals surface area contributed by atoms with Crippen LogP contribution in [0.2, 0.25) is 0 Å². The number of fused-ring (bicyclic) bond motifs is 2. The molecule has 1 aromatic carbocycles. The maximum absolute atomic E-state index is 12.7. The fourth-order valence-corrected chi connectivity index (χ4v) is 3.39. The molecule has 0 saturated carbocycles. The van der Waals surface area contributed by atoms with Gasteiger partial charge in [-0.05, 0) is 43.5 Å². The summed E-state index contributed by atoms with van der Waals surface area (Å²) in [5, 5.41) is 0. The third kappa shape index (κ3) is 2.30. The molecular weight excluding hydrogens is 254 g/mol. The van der Waals surface area contributed by atoms with Crippen LogP contribution in [0, 0.1) is 0 Å². The van der Waals surface area contributed by atoms with Gasteiger partial charge in [-0.25, -0.2) is 0 Å². The highest BCUT2D eigenvalue weighted by molar-refractivity contribution is 5.96. The molecule has 2 saturated heterocycles. The molecule has 106 valence electrons. The predicted octanol–water partition coefficient (Wildman–Crippen LogP) is 2.42. The molecule has 4 heteroatoms. The van der Waals surface area contributed by atoms with Crippen LogP contribution in [0.1, 0.15) is 42.5 Å². The Bertz CT molecular complexity index is 507. The van der Waals surface area contributed by atoms with Crippen LogP contribution in [0.25, 0.3) is 0 Å². The zero-order chi connectivity index (χ0) is 14.1. The van der Waals surface area contributed by atoms with Crippen LogP contribution in [0.4, 0.5) is 0 Å². The molecule has 0 aliphatic carbocycles. The third-order valence-electron chi connectivity index (χ3n) is 4.36. The van der Waals surface area contributed by atoms with E-state index in [1.54, 1.807) is 31.4 Å². The standard InChI is InChI=1S/C16H19NO3/c1-20-15-7-5-11(6-8-15)16(19)17-12-3-2-4-13(17)10-14(18)9-12/h5-8,12-13H,2-4,9-10H2,1H3. The van der Waals surface area contributed by atoms with Gasteiger partial charge in [-0.3, -0.25) is 9.59 Å². The molecule has 2 unspecified atom stereocenters. The van der Waals surface area contributed by atoms with E-state index in [2.05, 4.69) is 0 Å². The first kappa shape index (κ1) is 13.2. The van der Waals surface area contributed by atoms with Gasteiger partial charge in [0.05, 0.1) is 7.11 Å². The molecule has 1 aromatic rings. The van der Waals surface area contributed by atoms with Crippen molar-refractivity contribution in [2.75, 3.05) is 7.11 Å². The minimum absolute atomic E-state index is 0.0508. The van der Waals surface area contributed by atoms with Crippen molar-refractivity contribution < 1.29 is 14.3 Å². The lowest BCUT2D eigenvalue weighted by Crippen LogP contribution is -2.54. The number of carbonyl (C=O) groups excluding carboxylic acids is 2. The maximum atomic E-state index is 12.7. The summed E-state index contributed by atoms with van der Waals surface area (Å²) in [5.74, 6) is 1.10. The number of hydrogen-bond donors (Lipinski definition) is 0. The van der Waals surface area contributed by atoms with Crippen molar-refractivity contribution in [3.63, 3.8) is 0 Å². The number of piperidine rings is 2. The molecule has 0 aromatic heterocycles. The molecule has 2 heterocycles. The van der Waals surface area contributed by atoms with Crippen LogP contribution in [0.15, 0.2) is 24.3 Å². The summed E-state index contributed by atoms with van der Waals surface area (Å²) in [5.41, 5.74) is 0.678. The van der Waals surface area contributed by atoms with Gasteiger partial charge in [0.2, 0.25) is 0 Å². The number of hydrogen-bond acceptors (Lipinski definition) is 3. The van der Waals surface area contributed by atoms with Crippen LogP contribution >= 0.6 is 0 Å². The first-order valence-corrected chi connectivity index (χ1v) is 7.17. The molecule has 0 spiro atoms. The van der Waals surface area contributed by atoms with Crippen LogP contribution in [0.5, 0.6) is 5.75 Å². The third-order valence-corrected chi connectivity index (χ3v) is 4.36. The van der Waals surface area contributed by atoms with Gasteiger partial charge in [-0.15, -0.1) is 0 Å². The molecule has 2 aliphatic rings. The number of ether oxygens (including phenoxy) is 1. The fourth-order valence-electron chi connectivity index (χ4n) is 3.39. The Balaban J connectivity index is 1.83. The molecule has 2 aliphatic heterocycles. The van der Waals surface area contributed by atoms with Crippen molar-refractivity contribution in [3.05, 3.63) is 29.8 Å². The quantitative estimate of drug-likeness (QED) is 0.831. The van der Waals surface area contributed by atoms with E-state index in [1.807, 2.05) is 4.90 Å². The van der Waals surface area contributed by atoms with Gasteiger partial charge < -0.3 is 9.64 Å². The van der Waals surface area contributed by atoms with E-state index in [9.17, 15) is 9.59 Å². The van der Waals surface area contributed by atoms with Crippen molar-refractivity contribution in [2.24, 2.45) is 0 Å². The number of ketones is 1. The van der Waals surface area contributed by atoms with Crippen molar-refractivity contribution in [1.82, 2.24) is 4.90 Å². The molecule has 3 rings (SSSR count). The summed E-state index contributed by atoms with van der Waals surface area (Å²) in [6.07, 6.45) is 4.07. The smallest absolute Gasteiger partial charge is 0.254 e. The second-order valence-electron chi connectivity index (χ2n) is 5.63. The Morgan fingerprint density at radius 1 is 1.15 bits per heavy atom. The van der Waals surface area contributed by atoms with Crippen molar-refractivity contribution in [2.45, 2.75) is 44.2 Å². The van der Waals surface area contributed by atoms with Gasteiger partial charge in [0.25, 0.3) is 5.91 Å². The Hall–Kier alpha value is -1.84. The van der Waals surface area contributed by atoms with Crippen LogP contribution in [-0.2, 0) is 4.79 Å². The molecule has 0 radical (unpaired) electrons. The predicted molar refractivity (Wildman–Crippen MR) is 74.8 cm³/mol. The van der Waals surface area contributed by atoms with Gasteiger partial charge in [0.15, 0.2) is 0 Å². The van der Waals surface area contributed by atoms with E-state index in [0.717, 1.165) is 25.0 Å². The minimum Gasteiger partial charge on any atom is -0.497 e. The van der Waals surface area contributed by atoms with Crippen molar-refractivity contribution in [1.29, 1.82) is 0 Å². The highest BCUT2D eigenvalue weighted by Crippen LogP contribution is 2.33. The molecular formula is C16H19NO3. The molecule has 2 fully saturated rings. The van der Waals surface area contributed by atoms with Crippen molar-refractivity contribution >= 4 is 11.7 Å². The number of amides is 1. The van der Waals surface area contributed by atoms with Gasteiger partial charge in [0, 0.05) is 30.5 Å². The topological polar surface area (TPSA) is 46.6 Å². The highest BCUT2D eigenvalue weighted by atomic mass is 16.5. The Morgan fingerprint density at radius 3 is 2.30 bits per heavy atom. The molecule has 2 atom stereocenters. The van der Waals surface area contributed by atoms with Crippen molar-refractivity contribution in [3.8, 4) is 5.75 Å². The number of carbonyl (C=O) groups is 2. The number of benzene rings is 1. The Labute approximate surface area is 118 Å². The van der Waals surface area contributed by atoms with Gasteiger partial charge in [0.1, 0.15) is 11.5 Å². The van der Waals surface area contributed by atoms with Crippen LogP contribution in [-0.4, -0.2) is 35.8 Å². The molecule has 20 heavy (non-hydrogen) atoms. The molecule has 4 nitrogen and oxygen atoms in total. The van der Waals surface area contributed by atoms with Gasteiger partial charge in [-0.1, -0.05) is 0 Å². The van der Waals surface area contributed by atoms with E-state index in [0.29, 0.717) is 24.2 Å². The monoisotopic (exact) mass is 273 g/mol. The van der Waals surface area contributed by atoms with Crippen LogP contribution in [0.3, 0.4) is 0 Å². The lowest BCUT2D eigenvalue weighted by atomic mass is 9.83. The largest absolute Gasteiger partial charge is 0.497 e. The second-order valence-corrected chi connectivity index (χ2v) is 5.63. The van der Waals surface area contributed by atoms with Crippen LogP contribution < -0.4 is 4.74 Å². The summed E-state index contributed by atoms with van der Waals surface area (Å²) < 4.78 is 5.11. The zero-order valence-corrected chi connectivity index (χ0v) is 11.7. The second kappa shape index (κ2) is 5.27. The SMILES string of the molecule is COc1ccc(C(=O)N2C3CCCC2CC(=O)C3)cc1. The van der Waals surface area contributed by atoms with E-state index in [4.69, 9.17) is 4.74 Å². The molecule has 0 N–H and O–H groups in total. The summed E-state index contributed by atoms with van der Waals surface area (Å²) in [6.45, 7) is 0. The number of methoxy groups -OCH3 is 1. The van der Waals surface area contributed by atoms with E-state index >= 15 is 0 Å². The highest BCUT2D eigenvalue weighted by Gasteiger charge is 2.40. The molecule has 2 bridgehead atoms. The minimum atomic E-state index is 0.0508. The van der Waals surface area contributed by atoms with Gasteiger partial charge >= 0.3 is 0 Å².